The van der Waals surface area contributed by atoms with Gasteiger partial charge >= 0.3 is 0 Å². The lowest BCUT2D eigenvalue weighted by Crippen LogP contribution is -2.38. The van der Waals surface area contributed by atoms with Crippen LogP contribution in [0, 0.1) is 0 Å². The number of methoxy groups -OCH3 is 1. The van der Waals surface area contributed by atoms with Crippen LogP contribution in [0.2, 0.25) is 0 Å². The number of nitrogens with zero attached hydrogens (tertiary/aromatic N) is 6. The van der Waals surface area contributed by atoms with E-state index >= 15 is 0 Å². The quantitative estimate of drug-likeness (QED) is 0.192. The van der Waals surface area contributed by atoms with E-state index in [1.54, 1.807) is 52.7 Å². The van der Waals surface area contributed by atoms with Gasteiger partial charge in [-0.1, -0.05) is 45.0 Å². The topological polar surface area (TPSA) is 92.9 Å². The van der Waals surface area contributed by atoms with Crippen molar-refractivity contribution in [3.63, 3.8) is 0 Å². The molecular weight excluding hydrogens is 548 g/mol. The Kier molecular flexibility index (Phi) is 8.96. The van der Waals surface area contributed by atoms with E-state index in [1.165, 1.54) is 0 Å². The van der Waals surface area contributed by atoms with Crippen molar-refractivity contribution in [2.45, 2.75) is 25.7 Å². The van der Waals surface area contributed by atoms with Crippen molar-refractivity contribution < 1.29 is 13.2 Å². The van der Waals surface area contributed by atoms with Crippen molar-refractivity contribution in [2.75, 3.05) is 39.8 Å². The zero-order valence-corrected chi connectivity index (χ0v) is 25.3. The maximum atomic E-state index is 13.7. The molecule has 3 heterocycles. The molecule has 42 heavy (non-hydrogen) atoms. The number of hydrogen-bond acceptors (Lipinski definition) is 7. The number of ether oxygens (including phenoxy) is 1. The zero-order valence-electron chi connectivity index (χ0n) is 24.4. The Balaban J connectivity index is 1.62. The third-order valence-electron chi connectivity index (χ3n) is 7.51. The standard InChI is InChI=1S/C32H36N6O3S/c1-5-36(6-2)20-21-37(7-3)42(39,40)28-13-9-10-25(23-28)29-16-19-34-32-30(26-11-8-12-27(22-26)41-4)31(35-38(29)32)24-14-17-33-18-15-24/h8-19,22-23H,5-7,20-21H2,1-4H3. The van der Waals surface area contributed by atoms with Gasteiger partial charge in [-0.2, -0.15) is 9.40 Å². The highest BCUT2D eigenvalue weighted by Gasteiger charge is 2.25. The molecule has 2 aromatic carbocycles. The molecule has 0 saturated carbocycles. The first-order chi connectivity index (χ1) is 20.4. The number of fused-ring (bicyclic) bond motifs is 1. The van der Waals surface area contributed by atoms with Gasteiger partial charge in [0.1, 0.15) is 11.4 Å². The molecule has 0 aliphatic carbocycles. The monoisotopic (exact) mass is 584 g/mol. The molecule has 218 valence electrons. The van der Waals surface area contributed by atoms with Crippen LogP contribution in [0.1, 0.15) is 20.8 Å². The van der Waals surface area contributed by atoms with Gasteiger partial charge in [-0.3, -0.25) is 4.98 Å². The molecule has 0 unspecified atom stereocenters. The fourth-order valence-electron chi connectivity index (χ4n) is 5.13. The molecule has 0 saturated heterocycles. The first-order valence-corrected chi connectivity index (χ1v) is 15.6. The maximum Gasteiger partial charge on any atom is 0.243 e. The van der Waals surface area contributed by atoms with Gasteiger partial charge in [0.2, 0.25) is 10.0 Å². The fourth-order valence-corrected chi connectivity index (χ4v) is 6.61. The molecule has 10 heteroatoms. The summed E-state index contributed by atoms with van der Waals surface area (Å²) in [5, 5.41) is 5.02. The van der Waals surface area contributed by atoms with Crippen LogP contribution in [0.4, 0.5) is 0 Å². The summed E-state index contributed by atoms with van der Waals surface area (Å²) in [5.74, 6) is 0.725. The molecule has 0 atom stereocenters. The Morgan fingerprint density at radius 3 is 2.26 bits per heavy atom. The molecule has 9 nitrogen and oxygen atoms in total. The van der Waals surface area contributed by atoms with Gasteiger partial charge in [0.05, 0.1) is 23.3 Å². The predicted octanol–water partition coefficient (Wildman–Crippen LogP) is 5.49. The summed E-state index contributed by atoms with van der Waals surface area (Å²) in [5.41, 5.74) is 5.49. The third-order valence-corrected chi connectivity index (χ3v) is 9.48. The van der Waals surface area contributed by atoms with Crippen LogP contribution in [0.15, 0.2) is 90.2 Å². The van der Waals surface area contributed by atoms with Gasteiger partial charge in [-0.05, 0) is 61.1 Å². The van der Waals surface area contributed by atoms with E-state index in [2.05, 4.69) is 23.7 Å². The summed E-state index contributed by atoms with van der Waals surface area (Å²) < 4.78 is 36.3. The molecule has 0 amide bonds. The van der Waals surface area contributed by atoms with Crippen molar-refractivity contribution in [3.05, 3.63) is 85.3 Å². The number of benzene rings is 2. The van der Waals surface area contributed by atoms with E-state index < -0.39 is 10.0 Å². The number of rotatable bonds is 12. The number of likely N-dealkylation sites (N-methyl/N-ethyl adjacent to an activating group) is 2. The van der Waals surface area contributed by atoms with E-state index in [0.29, 0.717) is 25.3 Å². The number of hydrogen-bond donors (Lipinski definition) is 0. The largest absolute Gasteiger partial charge is 0.497 e. The van der Waals surface area contributed by atoms with Crippen molar-refractivity contribution in [2.24, 2.45) is 0 Å². The Morgan fingerprint density at radius 2 is 1.55 bits per heavy atom. The van der Waals surface area contributed by atoms with Gasteiger partial charge in [0, 0.05) is 49.4 Å². The molecule has 3 aromatic heterocycles. The Morgan fingerprint density at radius 1 is 0.810 bits per heavy atom. The van der Waals surface area contributed by atoms with Crippen molar-refractivity contribution in [1.29, 1.82) is 0 Å². The third kappa shape index (κ3) is 5.78. The second kappa shape index (κ2) is 12.8. The van der Waals surface area contributed by atoms with Crippen LogP contribution < -0.4 is 4.74 Å². The molecule has 5 aromatic rings. The first kappa shape index (κ1) is 29.4. The van der Waals surface area contributed by atoms with Crippen LogP contribution in [0.5, 0.6) is 5.75 Å². The molecule has 0 fully saturated rings. The van der Waals surface area contributed by atoms with Crippen molar-refractivity contribution >= 4 is 15.7 Å². The first-order valence-electron chi connectivity index (χ1n) is 14.2. The van der Waals surface area contributed by atoms with E-state index in [-0.39, 0.29) is 4.90 Å². The van der Waals surface area contributed by atoms with E-state index in [1.807, 2.05) is 55.5 Å². The summed E-state index contributed by atoms with van der Waals surface area (Å²) in [6.07, 6.45) is 5.20. The molecular formula is C32H36N6O3S. The number of pyridine rings is 1. The second-order valence-electron chi connectivity index (χ2n) is 9.81. The highest BCUT2D eigenvalue weighted by molar-refractivity contribution is 7.89. The van der Waals surface area contributed by atoms with E-state index in [4.69, 9.17) is 14.8 Å². The van der Waals surface area contributed by atoms with E-state index in [9.17, 15) is 8.42 Å². The van der Waals surface area contributed by atoms with Crippen LogP contribution in [0.25, 0.3) is 39.3 Å². The zero-order chi connectivity index (χ0) is 29.7. The molecule has 0 bridgehead atoms. The normalized spacial score (nSPS) is 12.0. The van der Waals surface area contributed by atoms with Gasteiger partial charge in [0.15, 0.2) is 5.65 Å². The SMILES string of the molecule is CCN(CC)CCN(CC)S(=O)(=O)c1cccc(-c2ccnc3c(-c4cccc(OC)c4)c(-c4ccncc4)nn23)c1. The summed E-state index contributed by atoms with van der Waals surface area (Å²) in [4.78, 5) is 11.4. The predicted molar refractivity (Wildman–Crippen MR) is 166 cm³/mol. The minimum atomic E-state index is -3.70. The van der Waals surface area contributed by atoms with Crippen LogP contribution in [-0.2, 0) is 10.0 Å². The second-order valence-corrected chi connectivity index (χ2v) is 11.7. The summed E-state index contributed by atoms with van der Waals surface area (Å²) in [6.45, 7) is 9.32. The lowest BCUT2D eigenvalue weighted by atomic mass is 10.0. The molecule has 0 aliphatic heterocycles. The average Bonchev–Trinajstić information content (AvgIpc) is 3.43. The number of sulfonamides is 1. The highest BCUT2D eigenvalue weighted by atomic mass is 32.2. The molecule has 5 rings (SSSR count). The van der Waals surface area contributed by atoms with Crippen molar-refractivity contribution in [3.8, 4) is 39.4 Å². The summed E-state index contributed by atoms with van der Waals surface area (Å²) in [6, 6.07) is 20.5. The number of aromatic nitrogens is 4. The van der Waals surface area contributed by atoms with Crippen molar-refractivity contribution in [1.82, 2.24) is 28.8 Å². The smallest absolute Gasteiger partial charge is 0.243 e. The Labute approximate surface area is 247 Å². The Bertz CT molecular complexity index is 1770. The van der Waals surface area contributed by atoms with Crippen LogP contribution in [-0.4, -0.2) is 77.0 Å². The Hall–Kier alpha value is -4.12. The van der Waals surface area contributed by atoms with E-state index in [0.717, 1.165) is 52.5 Å². The van der Waals surface area contributed by atoms with Crippen LogP contribution >= 0.6 is 0 Å². The van der Waals surface area contributed by atoms with Gasteiger partial charge in [-0.15, -0.1) is 0 Å². The van der Waals surface area contributed by atoms with Gasteiger partial charge < -0.3 is 9.64 Å². The molecule has 0 aliphatic rings. The fraction of sp³-hybridized carbons (Fsp3) is 0.281. The lowest BCUT2D eigenvalue weighted by Gasteiger charge is -2.25. The molecule has 0 N–H and O–H groups in total. The maximum absolute atomic E-state index is 13.7. The summed E-state index contributed by atoms with van der Waals surface area (Å²) >= 11 is 0. The minimum absolute atomic E-state index is 0.251. The minimum Gasteiger partial charge on any atom is -0.497 e. The highest BCUT2D eigenvalue weighted by Crippen LogP contribution is 2.37. The molecule has 0 radical (unpaired) electrons. The van der Waals surface area contributed by atoms with Gasteiger partial charge in [0.25, 0.3) is 0 Å². The van der Waals surface area contributed by atoms with Crippen LogP contribution in [0.3, 0.4) is 0 Å². The van der Waals surface area contributed by atoms with Gasteiger partial charge in [-0.25, -0.2) is 17.9 Å². The average molecular weight is 585 g/mol. The molecule has 0 spiro atoms. The lowest BCUT2D eigenvalue weighted by molar-refractivity contribution is 0.274. The summed E-state index contributed by atoms with van der Waals surface area (Å²) in [7, 11) is -2.06.